The van der Waals surface area contributed by atoms with Crippen molar-refractivity contribution < 1.29 is 14.2 Å². The highest BCUT2D eigenvalue weighted by Crippen LogP contribution is 2.31. The van der Waals surface area contributed by atoms with E-state index in [1.54, 1.807) is 37.9 Å². The molecular weight excluding hydrogens is 347 g/mol. The molecule has 0 saturated heterocycles. The van der Waals surface area contributed by atoms with Crippen LogP contribution in [0.1, 0.15) is 54.4 Å². The van der Waals surface area contributed by atoms with Crippen molar-refractivity contribution in [1.29, 1.82) is 0 Å². The third kappa shape index (κ3) is 5.78. The van der Waals surface area contributed by atoms with Crippen LogP contribution in [0.5, 0.6) is 0 Å². The van der Waals surface area contributed by atoms with E-state index in [4.69, 9.17) is 9.39 Å². The van der Waals surface area contributed by atoms with Crippen LogP contribution in [0, 0.1) is 0 Å². The number of carbonyl (C=O) groups is 1. The van der Waals surface area contributed by atoms with Gasteiger partial charge in [-0.3, -0.25) is 4.99 Å². The minimum absolute atomic E-state index is 0.322. The summed E-state index contributed by atoms with van der Waals surface area (Å²) in [7, 11) is 1.60. The number of aliphatic imine (C=N–C) groups is 1. The van der Waals surface area contributed by atoms with Gasteiger partial charge >= 0.3 is 13.5 Å². The Bertz CT molecular complexity index is 619. The van der Waals surface area contributed by atoms with Gasteiger partial charge < -0.3 is 14.3 Å². The Morgan fingerprint density at radius 3 is 2.54 bits per heavy atom. The number of hydrogen-bond acceptors (Lipinski definition) is 6. The molecule has 0 N–H and O–H groups in total. The van der Waals surface area contributed by atoms with E-state index < -0.39 is 5.60 Å². The van der Waals surface area contributed by atoms with E-state index >= 15 is 0 Å². The molecule has 0 saturated carbocycles. The van der Waals surface area contributed by atoms with Gasteiger partial charge in [0.15, 0.2) is 0 Å². The Morgan fingerprint density at radius 2 is 2.04 bits per heavy atom. The standard InChI is InChI=1S/C19H30BN2O3S/c1-8-11-14(17(23)24-10-3)15-12-21-16(13-22(15)9-2)20-25-18(4,5)19(6,7)26/h9,12-13,26H,2,8,10-11H2,1,3-7H3/b15-14+. The van der Waals surface area contributed by atoms with Crippen molar-refractivity contribution in [3.63, 3.8) is 0 Å². The third-order valence-corrected chi connectivity index (χ3v) is 4.90. The molecule has 0 fully saturated rings. The van der Waals surface area contributed by atoms with Gasteiger partial charge in [0.2, 0.25) is 0 Å². The topological polar surface area (TPSA) is 51.1 Å². The van der Waals surface area contributed by atoms with Crippen LogP contribution in [-0.2, 0) is 14.2 Å². The summed E-state index contributed by atoms with van der Waals surface area (Å²) < 4.78 is 10.8. The highest BCUT2D eigenvalue weighted by Gasteiger charge is 2.35. The fraction of sp³-hybridized carbons (Fsp3) is 0.579. The molecule has 1 rings (SSSR count). The number of thiol groups is 1. The van der Waals surface area contributed by atoms with Crippen LogP contribution in [0.25, 0.3) is 0 Å². The molecule has 0 bridgehead atoms. The van der Waals surface area contributed by atoms with Crippen molar-refractivity contribution >= 4 is 32.3 Å². The molecule has 0 spiro atoms. The van der Waals surface area contributed by atoms with Gasteiger partial charge in [-0.15, -0.1) is 0 Å². The molecule has 1 aliphatic heterocycles. The fourth-order valence-electron chi connectivity index (χ4n) is 2.05. The lowest BCUT2D eigenvalue weighted by atomic mass is 9.87. The molecule has 1 radical (unpaired) electrons. The number of esters is 1. The van der Waals surface area contributed by atoms with E-state index in [1.807, 2.05) is 34.6 Å². The molecular formula is C19H30BN2O3S. The summed E-state index contributed by atoms with van der Waals surface area (Å²) >= 11 is 4.59. The maximum Gasteiger partial charge on any atom is 0.353 e. The quantitative estimate of drug-likeness (QED) is 0.285. The van der Waals surface area contributed by atoms with Crippen LogP contribution in [0.4, 0.5) is 0 Å². The van der Waals surface area contributed by atoms with Crippen LogP contribution in [-0.4, -0.2) is 41.5 Å². The van der Waals surface area contributed by atoms with Gasteiger partial charge in [0.25, 0.3) is 0 Å². The third-order valence-electron chi connectivity index (χ3n) is 4.36. The van der Waals surface area contributed by atoms with Gasteiger partial charge in [0.1, 0.15) is 0 Å². The predicted molar refractivity (Wildman–Crippen MR) is 111 cm³/mol. The Kier molecular flexibility index (Phi) is 8.22. The highest BCUT2D eigenvalue weighted by molar-refractivity contribution is 7.81. The van der Waals surface area contributed by atoms with Gasteiger partial charge in [-0.1, -0.05) is 19.9 Å². The molecule has 0 aromatic carbocycles. The van der Waals surface area contributed by atoms with E-state index in [-0.39, 0.29) is 10.7 Å². The number of rotatable bonds is 9. The molecule has 0 amide bonds. The molecule has 7 heteroatoms. The van der Waals surface area contributed by atoms with Gasteiger partial charge in [0.05, 0.1) is 35.3 Å². The minimum Gasteiger partial charge on any atom is -0.463 e. The number of allylic oxidation sites excluding steroid dienone is 1. The van der Waals surface area contributed by atoms with Gasteiger partial charge in [-0.05, 0) is 41.0 Å². The summed E-state index contributed by atoms with van der Waals surface area (Å²) in [6.45, 7) is 15.9. The van der Waals surface area contributed by atoms with Crippen LogP contribution in [0.3, 0.4) is 0 Å². The first-order valence-electron chi connectivity index (χ1n) is 8.87. The molecule has 1 heterocycles. The van der Waals surface area contributed by atoms with Crippen LogP contribution in [0.2, 0.25) is 0 Å². The van der Waals surface area contributed by atoms with Crippen molar-refractivity contribution in [2.24, 2.45) is 4.99 Å². The molecule has 0 atom stereocenters. The van der Waals surface area contributed by atoms with E-state index in [9.17, 15) is 4.79 Å². The first-order valence-corrected chi connectivity index (χ1v) is 9.32. The maximum absolute atomic E-state index is 12.3. The highest BCUT2D eigenvalue weighted by atomic mass is 32.1. The SMILES string of the molecule is C=CN1C=C([B]OC(C)(C)C(C)(C)S)N=C/C1=C(/CCC)C(=O)OCC. The molecule has 26 heavy (non-hydrogen) atoms. The summed E-state index contributed by atoms with van der Waals surface area (Å²) in [5, 5.41) is 0. The average Bonchev–Trinajstić information content (AvgIpc) is 2.57. The molecule has 0 aromatic rings. The van der Waals surface area contributed by atoms with Gasteiger partial charge in [0, 0.05) is 17.1 Å². The number of carbonyl (C=O) groups excluding carboxylic acids is 1. The Balaban J connectivity index is 3.03. The molecule has 143 valence electrons. The van der Waals surface area contributed by atoms with Gasteiger partial charge in [-0.25, -0.2) is 4.79 Å². The Hall–Kier alpha value is -1.47. The minimum atomic E-state index is -0.486. The number of ether oxygens (including phenoxy) is 1. The second kappa shape index (κ2) is 9.46. The second-order valence-electron chi connectivity index (χ2n) is 7.04. The van der Waals surface area contributed by atoms with Crippen molar-refractivity contribution in [2.45, 2.75) is 64.7 Å². The van der Waals surface area contributed by atoms with E-state index in [2.05, 4.69) is 24.2 Å². The normalized spacial score (nSPS) is 16.9. The predicted octanol–water partition coefficient (Wildman–Crippen LogP) is 4.06. The molecule has 0 aromatic heterocycles. The molecule has 1 aliphatic rings. The lowest BCUT2D eigenvalue weighted by Gasteiger charge is -2.38. The fourth-order valence-corrected chi connectivity index (χ4v) is 2.10. The first kappa shape index (κ1) is 22.6. The first-order chi connectivity index (χ1) is 12.1. The lowest BCUT2D eigenvalue weighted by Crippen LogP contribution is -2.44. The lowest BCUT2D eigenvalue weighted by molar-refractivity contribution is -0.138. The molecule has 0 unspecified atom stereocenters. The molecule has 5 nitrogen and oxygen atoms in total. The summed E-state index contributed by atoms with van der Waals surface area (Å²) in [5.74, 6) is -0.322. The number of nitrogens with zero attached hydrogens (tertiary/aromatic N) is 2. The van der Waals surface area contributed by atoms with Crippen LogP contribution in [0.15, 0.2) is 40.8 Å². The molecule has 0 aliphatic carbocycles. The van der Waals surface area contributed by atoms with Crippen molar-refractivity contribution in [3.8, 4) is 0 Å². The smallest absolute Gasteiger partial charge is 0.353 e. The monoisotopic (exact) mass is 377 g/mol. The van der Waals surface area contributed by atoms with Crippen LogP contribution >= 0.6 is 12.6 Å². The van der Waals surface area contributed by atoms with Crippen LogP contribution < -0.4 is 0 Å². The Labute approximate surface area is 163 Å². The maximum atomic E-state index is 12.3. The zero-order valence-corrected chi connectivity index (χ0v) is 17.6. The van der Waals surface area contributed by atoms with E-state index in [1.165, 1.54) is 0 Å². The van der Waals surface area contributed by atoms with Crippen molar-refractivity contribution in [1.82, 2.24) is 4.90 Å². The van der Waals surface area contributed by atoms with E-state index in [0.29, 0.717) is 29.9 Å². The largest absolute Gasteiger partial charge is 0.463 e. The summed E-state index contributed by atoms with van der Waals surface area (Å²) in [6, 6.07) is 0. The summed E-state index contributed by atoms with van der Waals surface area (Å²) in [6.07, 6.45) is 6.50. The number of hydrogen-bond donors (Lipinski definition) is 1. The summed E-state index contributed by atoms with van der Waals surface area (Å²) in [5.41, 5.74) is 1.40. The Morgan fingerprint density at radius 1 is 1.38 bits per heavy atom. The van der Waals surface area contributed by atoms with Crippen molar-refractivity contribution in [2.75, 3.05) is 6.61 Å². The van der Waals surface area contributed by atoms with E-state index in [0.717, 1.165) is 6.42 Å². The second-order valence-corrected chi connectivity index (χ2v) is 8.16. The van der Waals surface area contributed by atoms with Gasteiger partial charge in [-0.2, -0.15) is 12.6 Å². The average molecular weight is 377 g/mol. The van der Waals surface area contributed by atoms with Crippen molar-refractivity contribution in [3.05, 3.63) is 35.8 Å². The zero-order valence-electron chi connectivity index (χ0n) is 16.7. The zero-order chi connectivity index (χ0) is 20.0. The summed E-state index contributed by atoms with van der Waals surface area (Å²) in [4.78, 5) is 18.5.